The van der Waals surface area contributed by atoms with Gasteiger partial charge in [-0.15, -0.1) is 11.3 Å². The maximum Gasteiger partial charge on any atom is 0.104 e. The fourth-order valence-electron chi connectivity index (χ4n) is 2.23. The molecule has 0 amide bonds. The van der Waals surface area contributed by atoms with E-state index < -0.39 is 0 Å². The molecule has 1 fully saturated rings. The Labute approximate surface area is 127 Å². The standard InChI is InChI=1S/C16H17NOS2/c18-8-1-2-15-5-6-16(20-15)11-17(14-3-4-14)10-13-7-9-19-12-13/h5-7,9,12,14,18H,3-4,8,10-11H2. The highest BCUT2D eigenvalue weighted by Gasteiger charge is 2.29. The summed E-state index contributed by atoms with van der Waals surface area (Å²) in [6.07, 6.45) is 2.65. The van der Waals surface area contributed by atoms with Gasteiger partial charge < -0.3 is 5.11 Å². The molecule has 2 nitrogen and oxygen atoms in total. The van der Waals surface area contributed by atoms with E-state index in [9.17, 15) is 0 Å². The Hall–Kier alpha value is -1.12. The number of hydrogen-bond acceptors (Lipinski definition) is 4. The van der Waals surface area contributed by atoms with Crippen molar-refractivity contribution in [2.24, 2.45) is 0 Å². The van der Waals surface area contributed by atoms with Gasteiger partial charge in [-0.25, -0.2) is 0 Å². The third-order valence-electron chi connectivity index (χ3n) is 3.34. The average molecular weight is 303 g/mol. The van der Waals surface area contributed by atoms with Crippen molar-refractivity contribution in [3.8, 4) is 11.8 Å². The molecule has 0 saturated heterocycles. The molecule has 0 radical (unpaired) electrons. The van der Waals surface area contributed by atoms with Gasteiger partial charge >= 0.3 is 0 Å². The first-order valence-electron chi connectivity index (χ1n) is 6.79. The van der Waals surface area contributed by atoms with E-state index in [4.69, 9.17) is 5.11 Å². The van der Waals surface area contributed by atoms with Gasteiger partial charge in [0.1, 0.15) is 6.61 Å². The second-order valence-corrected chi connectivity index (χ2v) is 6.94. The molecule has 2 aromatic heterocycles. The second-order valence-electron chi connectivity index (χ2n) is 4.99. The normalized spacial score (nSPS) is 14.3. The van der Waals surface area contributed by atoms with Crippen LogP contribution in [0.5, 0.6) is 0 Å². The van der Waals surface area contributed by atoms with Crippen LogP contribution in [-0.4, -0.2) is 22.7 Å². The van der Waals surface area contributed by atoms with Crippen LogP contribution < -0.4 is 0 Å². The van der Waals surface area contributed by atoms with Crippen LogP contribution >= 0.6 is 22.7 Å². The van der Waals surface area contributed by atoms with Crippen LogP contribution in [0.3, 0.4) is 0 Å². The van der Waals surface area contributed by atoms with Gasteiger partial charge in [-0.2, -0.15) is 11.3 Å². The Morgan fingerprint density at radius 1 is 1.25 bits per heavy atom. The lowest BCUT2D eigenvalue weighted by Crippen LogP contribution is -2.24. The Kier molecular flexibility index (Phi) is 4.54. The summed E-state index contributed by atoms with van der Waals surface area (Å²) in [5, 5.41) is 13.1. The molecule has 0 atom stereocenters. The largest absolute Gasteiger partial charge is 0.384 e. The van der Waals surface area contributed by atoms with Crippen molar-refractivity contribution in [3.63, 3.8) is 0 Å². The van der Waals surface area contributed by atoms with Crippen molar-refractivity contribution < 1.29 is 5.11 Å². The van der Waals surface area contributed by atoms with Gasteiger partial charge in [-0.3, -0.25) is 4.90 Å². The zero-order chi connectivity index (χ0) is 13.8. The van der Waals surface area contributed by atoms with Crippen LogP contribution in [0.2, 0.25) is 0 Å². The molecule has 1 aliphatic carbocycles. The molecule has 0 spiro atoms. The van der Waals surface area contributed by atoms with Gasteiger partial charge in [0.15, 0.2) is 0 Å². The van der Waals surface area contributed by atoms with E-state index in [1.54, 1.807) is 22.7 Å². The van der Waals surface area contributed by atoms with Gasteiger partial charge in [0.05, 0.1) is 4.88 Å². The lowest BCUT2D eigenvalue weighted by Gasteiger charge is -2.20. The van der Waals surface area contributed by atoms with E-state index >= 15 is 0 Å². The zero-order valence-electron chi connectivity index (χ0n) is 11.2. The van der Waals surface area contributed by atoms with Crippen LogP contribution in [0.4, 0.5) is 0 Å². The maximum absolute atomic E-state index is 8.73. The van der Waals surface area contributed by atoms with Gasteiger partial charge in [0, 0.05) is 24.0 Å². The minimum absolute atomic E-state index is 0.0699. The number of aliphatic hydroxyl groups is 1. The molecule has 3 rings (SSSR count). The third kappa shape index (κ3) is 3.71. The number of thiophene rings is 2. The minimum Gasteiger partial charge on any atom is -0.384 e. The van der Waals surface area contributed by atoms with E-state index in [-0.39, 0.29) is 6.61 Å². The number of rotatable bonds is 5. The molecule has 0 unspecified atom stereocenters. The minimum atomic E-state index is -0.0699. The quantitative estimate of drug-likeness (QED) is 0.857. The van der Waals surface area contributed by atoms with Crippen molar-refractivity contribution >= 4 is 22.7 Å². The summed E-state index contributed by atoms with van der Waals surface area (Å²) in [5.41, 5.74) is 1.42. The summed E-state index contributed by atoms with van der Waals surface area (Å²) < 4.78 is 0. The molecule has 2 aromatic rings. The monoisotopic (exact) mass is 303 g/mol. The SMILES string of the molecule is OCC#Cc1ccc(CN(Cc2ccsc2)C2CC2)s1. The summed E-state index contributed by atoms with van der Waals surface area (Å²) in [7, 11) is 0. The van der Waals surface area contributed by atoms with Crippen molar-refractivity contribution in [2.45, 2.75) is 32.0 Å². The summed E-state index contributed by atoms with van der Waals surface area (Å²) in [5.74, 6) is 5.69. The predicted octanol–water partition coefficient (Wildman–Crippen LogP) is 3.32. The molecule has 0 aromatic carbocycles. The molecule has 2 heterocycles. The lowest BCUT2D eigenvalue weighted by molar-refractivity contribution is 0.248. The third-order valence-corrected chi connectivity index (χ3v) is 5.06. The molecule has 1 N–H and O–H groups in total. The Bertz CT molecular complexity index is 602. The molecule has 4 heteroatoms. The van der Waals surface area contributed by atoms with Crippen molar-refractivity contribution in [1.29, 1.82) is 0 Å². The fourth-order valence-corrected chi connectivity index (χ4v) is 3.80. The molecule has 1 saturated carbocycles. The molecule has 20 heavy (non-hydrogen) atoms. The highest BCUT2D eigenvalue weighted by molar-refractivity contribution is 7.12. The Morgan fingerprint density at radius 3 is 2.85 bits per heavy atom. The topological polar surface area (TPSA) is 23.5 Å². The summed E-state index contributed by atoms with van der Waals surface area (Å²) in [6.45, 7) is 1.98. The predicted molar refractivity (Wildman–Crippen MR) is 84.9 cm³/mol. The molecular weight excluding hydrogens is 286 g/mol. The van der Waals surface area contributed by atoms with Gasteiger partial charge in [0.25, 0.3) is 0 Å². The average Bonchev–Trinajstić information content (AvgIpc) is 3.00. The van der Waals surface area contributed by atoms with Crippen LogP contribution in [0, 0.1) is 11.8 Å². The highest BCUT2D eigenvalue weighted by Crippen LogP contribution is 2.31. The van der Waals surface area contributed by atoms with E-state index in [2.05, 4.69) is 45.7 Å². The first-order chi connectivity index (χ1) is 9.85. The number of aliphatic hydroxyl groups excluding tert-OH is 1. The smallest absolute Gasteiger partial charge is 0.104 e. The summed E-state index contributed by atoms with van der Waals surface area (Å²) in [6, 6.07) is 7.18. The zero-order valence-corrected chi connectivity index (χ0v) is 12.8. The molecule has 0 bridgehead atoms. The maximum atomic E-state index is 8.73. The van der Waals surface area contributed by atoms with E-state index in [1.165, 1.54) is 23.3 Å². The first-order valence-corrected chi connectivity index (χ1v) is 8.54. The lowest BCUT2D eigenvalue weighted by atomic mass is 10.3. The fraction of sp³-hybridized carbons (Fsp3) is 0.375. The first kappa shape index (κ1) is 13.8. The highest BCUT2D eigenvalue weighted by atomic mass is 32.1. The van der Waals surface area contributed by atoms with Crippen LogP contribution in [-0.2, 0) is 13.1 Å². The molecular formula is C16H17NOS2. The van der Waals surface area contributed by atoms with Crippen molar-refractivity contribution in [3.05, 3.63) is 44.3 Å². The molecule has 104 valence electrons. The molecule has 0 aliphatic heterocycles. The number of hydrogen-bond donors (Lipinski definition) is 1. The van der Waals surface area contributed by atoms with E-state index in [0.717, 1.165) is 24.0 Å². The van der Waals surface area contributed by atoms with E-state index in [1.807, 2.05) is 0 Å². The van der Waals surface area contributed by atoms with Crippen LogP contribution in [0.1, 0.15) is 28.2 Å². The summed E-state index contributed by atoms with van der Waals surface area (Å²) in [4.78, 5) is 4.96. The van der Waals surface area contributed by atoms with Crippen molar-refractivity contribution in [2.75, 3.05) is 6.61 Å². The van der Waals surface area contributed by atoms with Gasteiger partial charge in [-0.1, -0.05) is 11.8 Å². The molecule has 1 aliphatic rings. The van der Waals surface area contributed by atoms with Crippen LogP contribution in [0.25, 0.3) is 0 Å². The van der Waals surface area contributed by atoms with E-state index in [0.29, 0.717) is 0 Å². The summed E-state index contributed by atoms with van der Waals surface area (Å²) >= 11 is 3.50. The Morgan fingerprint density at radius 2 is 2.15 bits per heavy atom. The Balaban J connectivity index is 1.65. The second kappa shape index (κ2) is 6.55. The van der Waals surface area contributed by atoms with Gasteiger partial charge in [0.2, 0.25) is 0 Å². The van der Waals surface area contributed by atoms with Crippen LogP contribution in [0.15, 0.2) is 29.0 Å². The number of nitrogens with zero attached hydrogens (tertiary/aromatic N) is 1. The van der Waals surface area contributed by atoms with Crippen molar-refractivity contribution in [1.82, 2.24) is 4.90 Å². The van der Waals surface area contributed by atoms with Gasteiger partial charge in [-0.05, 0) is 47.4 Å².